The van der Waals surface area contributed by atoms with Gasteiger partial charge in [0, 0.05) is 30.9 Å². The van der Waals surface area contributed by atoms with Crippen LogP contribution in [0.2, 0.25) is 5.02 Å². The molecule has 146 valence electrons. The molecule has 1 aliphatic heterocycles. The van der Waals surface area contributed by atoms with E-state index < -0.39 is 5.60 Å². The molecule has 6 nitrogen and oxygen atoms in total. The minimum Gasteiger partial charge on any atom is -0.491 e. The third-order valence-corrected chi connectivity index (χ3v) is 5.24. The van der Waals surface area contributed by atoms with Crippen LogP contribution < -0.4 is 4.74 Å². The van der Waals surface area contributed by atoms with Gasteiger partial charge in [-0.2, -0.15) is 5.10 Å². The molecule has 3 rings (SSSR count). The fraction of sp³-hybridized carbons (Fsp3) is 0.500. The van der Waals surface area contributed by atoms with Gasteiger partial charge in [0.15, 0.2) is 0 Å². The fourth-order valence-electron chi connectivity index (χ4n) is 3.36. The molecule has 0 spiro atoms. The molecular formula is C20H26ClN3O3. The minimum absolute atomic E-state index is 0.0211. The summed E-state index contributed by atoms with van der Waals surface area (Å²) < 4.78 is 7.52. The van der Waals surface area contributed by atoms with E-state index in [1.165, 1.54) is 0 Å². The van der Waals surface area contributed by atoms with Crippen molar-refractivity contribution in [3.63, 3.8) is 0 Å². The second-order valence-corrected chi connectivity index (χ2v) is 7.54. The maximum atomic E-state index is 12.9. The average molecular weight is 392 g/mol. The SMILES string of the molecule is CCn1cc(C(=O)N2CCCC(O)(COc3cccc(Cl)c3)CC2)c(C)n1. The first-order chi connectivity index (χ1) is 12.9. The number of aliphatic hydroxyl groups is 1. The van der Waals surface area contributed by atoms with Crippen molar-refractivity contribution in [1.82, 2.24) is 14.7 Å². The van der Waals surface area contributed by atoms with Gasteiger partial charge in [0.25, 0.3) is 5.91 Å². The predicted octanol–water partition coefficient (Wildman–Crippen LogP) is 3.30. The lowest BCUT2D eigenvalue weighted by molar-refractivity contribution is -0.0163. The highest BCUT2D eigenvalue weighted by atomic mass is 35.5. The van der Waals surface area contributed by atoms with Crippen LogP contribution in [0, 0.1) is 6.92 Å². The van der Waals surface area contributed by atoms with E-state index in [4.69, 9.17) is 16.3 Å². The van der Waals surface area contributed by atoms with E-state index in [0.717, 1.165) is 18.7 Å². The molecule has 1 amide bonds. The molecule has 0 aliphatic carbocycles. The summed E-state index contributed by atoms with van der Waals surface area (Å²) in [6.07, 6.45) is 3.59. The molecule has 1 N–H and O–H groups in total. The molecule has 2 aromatic rings. The van der Waals surface area contributed by atoms with E-state index in [1.54, 1.807) is 27.9 Å². The minimum atomic E-state index is -0.958. The molecule has 1 unspecified atom stereocenters. The quantitative estimate of drug-likeness (QED) is 0.849. The number of likely N-dealkylation sites (tertiary alicyclic amines) is 1. The monoisotopic (exact) mass is 391 g/mol. The number of ether oxygens (including phenoxy) is 1. The lowest BCUT2D eigenvalue weighted by atomic mass is 9.96. The normalized spacial score (nSPS) is 20.4. The van der Waals surface area contributed by atoms with Crippen LogP contribution in [-0.4, -0.2) is 51.0 Å². The van der Waals surface area contributed by atoms with E-state index in [1.807, 2.05) is 26.0 Å². The van der Waals surface area contributed by atoms with Crippen molar-refractivity contribution in [3.05, 3.63) is 46.7 Å². The van der Waals surface area contributed by atoms with E-state index in [9.17, 15) is 9.90 Å². The second-order valence-electron chi connectivity index (χ2n) is 7.10. The Kier molecular flexibility index (Phi) is 6.07. The van der Waals surface area contributed by atoms with Crippen LogP contribution in [0.1, 0.15) is 42.2 Å². The Bertz CT molecular complexity index is 808. The van der Waals surface area contributed by atoms with Crippen LogP contribution in [0.15, 0.2) is 30.5 Å². The molecule has 0 bridgehead atoms. The zero-order chi connectivity index (χ0) is 19.4. The zero-order valence-electron chi connectivity index (χ0n) is 15.8. The molecule has 1 atom stereocenters. The molecule has 1 saturated heterocycles. The maximum absolute atomic E-state index is 12.9. The number of rotatable bonds is 5. The van der Waals surface area contributed by atoms with Gasteiger partial charge in [-0.15, -0.1) is 0 Å². The van der Waals surface area contributed by atoms with Crippen molar-refractivity contribution in [2.45, 2.75) is 45.3 Å². The summed E-state index contributed by atoms with van der Waals surface area (Å²) in [4.78, 5) is 14.7. The van der Waals surface area contributed by atoms with Crippen LogP contribution in [0.5, 0.6) is 5.75 Å². The Morgan fingerprint density at radius 2 is 2.19 bits per heavy atom. The molecule has 1 fully saturated rings. The molecule has 7 heteroatoms. The van der Waals surface area contributed by atoms with E-state index >= 15 is 0 Å². The largest absolute Gasteiger partial charge is 0.491 e. The van der Waals surface area contributed by atoms with Gasteiger partial charge >= 0.3 is 0 Å². The Balaban J connectivity index is 1.62. The zero-order valence-corrected chi connectivity index (χ0v) is 16.6. The molecule has 2 heterocycles. The summed E-state index contributed by atoms with van der Waals surface area (Å²) in [5.74, 6) is 0.614. The highest BCUT2D eigenvalue weighted by Crippen LogP contribution is 2.26. The number of benzene rings is 1. The van der Waals surface area contributed by atoms with Crippen LogP contribution in [0.3, 0.4) is 0 Å². The lowest BCUT2D eigenvalue weighted by Gasteiger charge is -2.27. The Morgan fingerprint density at radius 3 is 2.89 bits per heavy atom. The van der Waals surface area contributed by atoms with Crippen molar-refractivity contribution >= 4 is 17.5 Å². The van der Waals surface area contributed by atoms with Gasteiger partial charge in [-0.3, -0.25) is 9.48 Å². The predicted molar refractivity (Wildman–Crippen MR) is 104 cm³/mol. The van der Waals surface area contributed by atoms with Crippen LogP contribution in [0.4, 0.5) is 0 Å². The van der Waals surface area contributed by atoms with Gasteiger partial charge in [0.2, 0.25) is 0 Å². The number of hydrogen-bond donors (Lipinski definition) is 1. The summed E-state index contributed by atoms with van der Waals surface area (Å²) >= 11 is 5.97. The number of hydrogen-bond acceptors (Lipinski definition) is 4. The number of nitrogens with zero attached hydrogens (tertiary/aromatic N) is 3. The highest BCUT2D eigenvalue weighted by molar-refractivity contribution is 6.30. The molecule has 27 heavy (non-hydrogen) atoms. The topological polar surface area (TPSA) is 67.6 Å². The number of carbonyl (C=O) groups is 1. The number of aryl methyl sites for hydroxylation is 2. The first-order valence-electron chi connectivity index (χ1n) is 9.34. The van der Waals surface area contributed by atoms with E-state index in [0.29, 0.717) is 42.3 Å². The van der Waals surface area contributed by atoms with Gasteiger partial charge in [0.05, 0.1) is 11.3 Å². The Labute approximate surface area is 164 Å². The summed E-state index contributed by atoms with van der Waals surface area (Å²) in [5.41, 5.74) is 0.420. The van der Waals surface area contributed by atoms with Crippen molar-refractivity contribution in [2.24, 2.45) is 0 Å². The lowest BCUT2D eigenvalue weighted by Crippen LogP contribution is -2.38. The van der Waals surface area contributed by atoms with E-state index in [2.05, 4.69) is 5.10 Å². The van der Waals surface area contributed by atoms with Crippen molar-refractivity contribution in [3.8, 4) is 5.75 Å². The second kappa shape index (κ2) is 8.31. The summed E-state index contributed by atoms with van der Waals surface area (Å²) in [5, 5.41) is 15.9. The summed E-state index contributed by atoms with van der Waals surface area (Å²) in [6.45, 7) is 5.87. The molecule has 1 aromatic carbocycles. The van der Waals surface area contributed by atoms with Gasteiger partial charge in [0.1, 0.15) is 18.0 Å². The third-order valence-electron chi connectivity index (χ3n) is 5.01. The third kappa shape index (κ3) is 4.82. The van der Waals surface area contributed by atoms with Gasteiger partial charge < -0.3 is 14.7 Å². The summed E-state index contributed by atoms with van der Waals surface area (Å²) in [7, 11) is 0. The standard InChI is InChI=1S/C20H26ClN3O3/c1-3-24-13-18(15(2)22-24)19(25)23-10-5-8-20(26,9-11-23)14-27-17-7-4-6-16(21)12-17/h4,6-7,12-13,26H,3,5,8-11,14H2,1-2H3. The summed E-state index contributed by atoms with van der Waals surface area (Å²) in [6, 6.07) is 7.14. The first kappa shape index (κ1) is 19.7. The molecular weight excluding hydrogens is 366 g/mol. The van der Waals surface area contributed by atoms with Crippen LogP contribution in [-0.2, 0) is 6.54 Å². The van der Waals surface area contributed by atoms with Gasteiger partial charge in [-0.05, 0) is 51.3 Å². The maximum Gasteiger partial charge on any atom is 0.257 e. The molecule has 0 radical (unpaired) electrons. The smallest absolute Gasteiger partial charge is 0.257 e. The molecule has 0 saturated carbocycles. The van der Waals surface area contributed by atoms with Crippen molar-refractivity contribution in [1.29, 1.82) is 0 Å². The molecule has 1 aliphatic rings. The Morgan fingerprint density at radius 1 is 1.37 bits per heavy atom. The fourth-order valence-corrected chi connectivity index (χ4v) is 3.54. The number of carbonyl (C=O) groups excluding carboxylic acids is 1. The van der Waals surface area contributed by atoms with Gasteiger partial charge in [-0.1, -0.05) is 17.7 Å². The molecule has 1 aromatic heterocycles. The van der Waals surface area contributed by atoms with Crippen molar-refractivity contribution in [2.75, 3.05) is 19.7 Å². The van der Waals surface area contributed by atoms with Crippen LogP contribution >= 0.6 is 11.6 Å². The average Bonchev–Trinajstić information content (AvgIpc) is 2.92. The number of aromatic nitrogens is 2. The van der Waals surface area contributed by atoms with Gasteiger partial charge in [-0.25, -0.2) is 0 Å². The number of halogens is 1. The highest BCUT2D eigenvalue weighted by Gasteiger charge is 2.33. The van der Waals surface area contributed by atoms with Crippen LogP contribution in [0.25, 0.3) is 0 Å². The van der Waals surface area contributed by atoms with E-state index in [-0.39, 0.29) is 12.5 Å². The number of amides is 1. The first-order valence-corrected chi connectivity index (χ1v) is 9.72. The van der Waals surface area contributed by atoms with Crippen molar-refractivity contribution < 1.29 is 14.6 Å². The Hall–Kier alpha value is -2.05.